The highest BCUT2D eigenvalue weighted by molar-refractivity contribution is 7.09. The fourth-order valence-electron chi connectivity index (χ4n) is 2.21. The molecule has 114 valence electrons. The van der Waals surface area contributed by atoms with Crippen LogP contribution in [-0.2, 0) is 6.42 Å². The molecule has 1 saturated heterocycles. The van der Waals surface area contributed by atoms with Gasteiger partial charge in [-0.3, -0.25) is 4.99 Å². The first-order valence-corrected chi connectivity index (χ1v) is 8.02. The molecule has 0 unspecified atom stereocenters. The van der Waals surface area contributed by atoms with Crippen molar-refractivity contribution in [2.24, 2.45) is 4.99 Å². The smallest absolute Gasteiger partial charge is 0.205 e. The topological polar surface area (TPSA) is 56.7 Å². The van der Waals surface area contributed by atoms with E-state index < -0.39 is 0 Å². The summed E-state index contributed by atoms with van der Waals surface area (Å²) in [6.07, 6.45) is 6.87. The number of guanidine groups is 1. The third-order valence-electron chi connectivity index (χ3n) is 3.39. The molecule has 2 heterocycles. The number of hydrogen-bond donors (Lipinski definition) is 1. The Morgan fingerprint density at radius 1 is 1.43 bits per heavy atom. The summed E-state index contributed by atoms with van der Waals surface area (Å²) >= 11 is 1.49. The van der Waals surface area contributed by atoms with Crippen LogP contribution in [0, 0.1) is 12.3 Å². The third kappa shape index (κ3) is 4.08. The molecule has 1 aromatic heterocycles. The fourth-order valence-corrected chi connectivity index (χ4v) is 3.01. The molecule has 1 aliphatic heterocycles. The van der Waals surface area contributed by atoms with Crippen LogP contribution in [0.25, 0.3) is 0 Å². The van der Waals surface area contributed by atoms with Crippen molar-refractivity contribution in [3.63, 3.8) is 0 Å². The number of nitrogens with zero attached hydrogens (tertiary/aromatic N) is 5. The monoisotopic (exact) mass is 306 g/mol. The van der Waals surface area contributed by atoms with Gasteiger partial charge in [-0.25, -0.2) is 4.98 Å². The number of aliphatic imine (C=N–C) groups is 1. The van der Waals surface area contributed by atoms with Gasteiger partial charge in [0.2, 0.25) is 5.13 Å². The lowest BCUT2D eigenvalue weighted by Crippen LogP contribution is -2.52. The van der Waals surface area contributed by atoms with Crippen molar-refractivity contribution < 1.29 is 0 Å². The van der Waals surface area contributed by atoms with Crippen molar-refractivity contribution in [3.05, 3.63) is 5.82 Å². The number of terminal acetylenes is 1. The summed E-state index contributed by atoms with van der Waals surface area (Å²) in [7, 11) is 1.81. The van der Waals surface area contributed by atoms with Gasteiger partial charge in [0.15, 0.2) is 5.96 Å². The van der Waals surface area contributed by atoms with E-state index >= 15 is 0 Å². The van der Waals surface area contributed by atoms with Gasteiger partial charge in [0.05, 0.1) is 0 Å². The second-order valence-electron chi connectivity index (χ2n) is 4.75. The van der Waals surface area contributed by atoms with Crippen LogP contribution in [0.1, 0.15) is 19.2 Å². The summed E-state index contributed by atoms with van der Waals surface area (Å²) in [6, 6.07) is 0. The van der Waals surface area contributed by atoms with Gasteiger partial charge in [-0.15, -0.1) is 12.3 Å². The lowest BCUT2D eigenvalue weighted by Gasteiger charge is -2.36. The van der Waals surface area contributed by atoms with E-state index in [9.17, 15) is 0 Å². The van der Waals surface area contributed by atoms with Crippen molar-refractivity contribution in [2.45, 2.75) is 19.8 Å². The van der Waals surface area contributed by atoms with Gasteiger partial charge in [0.25, 0.3) is 0 Å². The van der Waals surface area contributed by atoms with Crippen molar-refractivity contribution in [1.29, 1.82) is 0 Å². The molecule has 0 atom stereocenters. The maximum absolute atomic E-state index is 5.27. The minimum Gasteiger partial charge on any atom is -0.355 e. The molecule has 6 nitrogen and oxygen atoms in total. The summed E-state index contributed by atoms with van der Waals surface area (Å²) in [4.78, 5) is 13.4. The Morgan fingerprint density at radius 2 is 2.19 bits per heavy atom. The molecular weight excluding hydrogens is 284 g/mol. The molecule has 2 rings (SSSR count). The highest BCUT2D eigenvalue weighted by Gasteiger charge is 2.21. The van der Waals surface area contributed by atoms with Crippen molar-refractivity contribution in [3.8, 4) is 12.3 Å². The van der Waals surface area contributed by atoms with Gasteiger partial charge in [-0.2, -0.15) is 4.37 Å². The van der Waals surface area contributed by atoms with Crippen molar-refractivity contribution in [1.82, 2.24) is 19.6 Å². The molecule has 0 aliphatic carbocycles. The van der Waals surface area contributed by atoms with Crippen LogP contribution in [0.3, 0.4) is 0 Å². The minimum absolute atomic E-state index is 0.712. The Bertz CT molecular complexity index is 510. The van der Waals surface area contributed by atoms with E-state index in [1.807, 2.05) is 7.05 Å². The van der Waals surface area contributed by atoms with Gasteiger partial charge in [-0.1, -0.05) is 6.92 Å². The summed E-state index contributed by atoms with van der Waals surface area (Å²) in [5.41, 5.74) is 0. The Balaban J connectivity index is 1.86. The van der Waals surface area contributed by atoms with Crippen LogP contribution < -0.4 is 10.2 Å². The molecule has 21 heavy (non-hydrogen) atoms. The average molecular weight is 306 g/mol. The van der Waals surface area contributed by atoms with Gasteiger partial charge in [0, 0.05) is 64.1 Å². The molecule has 0 spiro atoms. The molecule has 1 fully saturated rings. The van der Waals surface area contributed by atoms with Gasteiger partial charge in [0.1, 0.15) is 5.82 Å². The molecule has 0 aromatic carbocycles. The number of anilines is 1. The SMILES string of the molecule is C#CCCNC(=NC)N1CCN(c2nc(CC)ns2)CC1. The van der Waals surface area contributed by atoms with Crippen LogP contribution in [0.2, 0.25) is 0 Å². The number of rotatable bonds is 4. The summed E-state index contributed by atoms with van der Waals surface area (Å²) in [5.74, 6) is 4.49. The standard InChI is InChI=1S/C14H22N6S/c1-4-6-7-16-13(15-3)19-8-10-20(11-9-19)14-17-12(5-2)18-21-14/h1H,5-11H2,2-3H3,(H,15,16). The van der Waals surface area contributed by atoms with E-state index in [2.05, 4.69) is 42.3 Å². The van der Waals surface area contributed by atoms with Gasteiger partial charge in [-0.05, 0) is 0 Å². The summed E-state index contributed by atoms with van der Waals surface area (Å²) in [6.45, 7) is 6.57. The number of hydrogen-bond acceptors (Lipinski definition) is 5. The fraction of sp³-hybridized carbons (Fsp3) is 0.643. The van der Waals surface area contributed by atoms with Crippen LogP contribution in [-0.4, -0.2) is 60.0 Å². The average Bonchev–Trinajstić information content (AvgIpc) is 3.01. The first-order valence-electron chi connectivity index (χ1n) is 7.25. The predicted octanol–water partition coefficient (Wildman–Crippen LogP) is 0.821. The Kier molecular flexibility index (Phi) is 5.81. The molecular formula is C14H22N6S. The van der Waals surface area contributed by atoms with Crippen LogP contribution >= 0.6 is 11.5 Å². The highest BCUT2D eigenvalue weighted by Crippen LogP contribution is 2.19. The molecule has 0 bridgehead atoms. The second kappa shape index (κ2) is 7.84. The zero-order valence-electron chi connectivity index (χ0n) is 12.7. The lowest BCUT2D eigenvalue weighted by atomic mass is 10.3. The van der Waals surface area contributed by atoms with E-state index in [4.69, 9.17) is 6.42 Å². The summed E-state index contributed by atoms with van der Waals surface area (Å²) < 4.78 is 4.35. The highest BCUT2D eigenvalue weighted by atomic mass is 32.1. The molecule has 1 aliphatic rings. The van der Waals surface area contributed by atoms with E-state index in [0.717, 1.165) is 56.1 Å². The largest absolute Gasteiger partial charge is 0.355 e. The van der Waals surface area contributed by atoms with Gasteiger partial charge >= 0.3 is 0 Å². The first kappa shape index (κ1) is 15.6. The molecule has 0 amide bonds. The quantitative estimate of drug-likeness (QED) is 0.386. The summed E-state index contributed by atoms with van der Waals surface area (Å²) in [5, 5.41) is 4.33. The van der Waals surface area contributed by atoms with E-state index in [1.54, 1.807) is 0 Å². The predicted molar refractivity (Wildman–Crippen MR) is 87.9 cm³/mol. The number of piperazine rings is 1. The normalized spacial score (nSPS) is 16.0. The third-order valence-corrected chi connectivity index (χ3v) is 4.20. The van der Waals surface area contributed by atoms with Crippen molar-refractivity contribution in [2.75, 3.05) is 44.7 Å². The lowest BCUT2D eigenvalue weighted by molar-refractivity contribution is 0.373. The van der Waals surface area contributed by atoms with E-state index in [1.165, 1.54) is 11.5 Å². The van der Waals surface area contributed by atoms with Gasteiger partial charge < -0.3 is 15.1 Å². The zero-order valence-corrected chi connectivity index (χ0v) is 13.5. The Morgan fingerprint density at radius 3 is 2.76 bits per heavy atom. The Hall–Kier alpha value is -1.81. The molecule has 0 radical (unpaired) electrons. The van der Waals surface area contributed by atoms with Crippen LogP contribution in [0.4, 0.5) is 5.13 Å². The number of aryl methyl sites for hydroxylation is 1. The second-order valence-corrected chi connectivity index (χ2v) is 5.48. The van der Waals surface area contributed by atoms with E-state index in [-0.39, 0.29) is 0 Å². The molecule has 0 saturated carbocycles. The van der Waals surface area contributed by atoms with Crippen LogP contribution in [0.5, 0.6) is 0 Å². The van der Waals surface area contributed by atoms with Crippen molar-refractivity contribution >= 4 is 22.6 Å². The van der Waals surface area contributed by atoms with Crippen LogP contribution in [0.15, 0.2) is 4.99 Å². The maximum atomic E-state index is 5.27. The maximum Gasteiger partial charge on any atom is 0.205 e. The zero-order chi connectivity index (χ0) is 15.1. The molecule has 1 N–H and O–H groups in total. The Labute approximate surface area is 130 Å². The molecule has 7 heteroatoms. The minimum atomic E-state index is 0.712. The molecule has 1 aromatic rings. The first-order chi connectivity index (χ1) is 10.3. The number of aromatic nitrogens is 2. The van der Waals surface area contributed by atoms with E-state index in [0.29, 0.717) is 6.42 Å². The number of nitrogens with one attached hydrogen (secondary N) is 1.